The van der Waals surface area contributed by atoms with E-state index in [1.165, 1.54) is 5.56 Å². The van der Waals surface area contributed by atoms with Gasteiger partial charge in [-0.15, -0.1) is 0 Å². The molecule has 1 atom stereocenters. The van der Waals surface area contributed by atoms with Crippen LogP contribution in [0.4, 0.5) is 0 Å². The van der Waals surface area contributed by atoms with Crippen molar-refractivity contribution >= 4 is 0 Å². The third-order valence-corrected chi connectivity index (χ3v) is 3.86. The Balaban J connectivity index is 2.01. The van der Waals surface area contributed by atoms with Crippen LogP contribution in [0, 0.1) is 11.3 Å². The van der Waals surface area contributed by atoms with E-state index < -0.39 is 0 Å². The summed E-state index contributed by atoms with van der Waals surface area (Å²) in [4.78, 5) is 0. The van der Waals surface area contributed by atoms with Crippen LogP contribution < -0.4 is 5.32 Å². The second-order valence-corrected chi connectivity index (χ2v) is 5.14. The number of nitrogens with one attached hydrogen (secondary N) is 1. The quantitative estimate of drug-likeness (QED) is 0.860. The molecule has 0 bridgehead atoms. The number of benzene rings is 1. The van der Waals surface area contributed by atoms with Crippen LogP contribution in [0.5, 0.6) is 0 Å². The van der Waals surface area contributed by atoms with E-state index in [9.17, 15) is 5.26 Å². The highest BCUT2D eigenvalue weighted by Gasteiger charge is 2.46. The molecule has 1 aliphatic carbocycles. The predicted molar refractivity (Wildman–Crippen MR) is 69.6 cm³/mol. The molecule has 1 aromatic carbocycles. The van der Waals surface area contributed by atoms with Crippen LogP contribution in [0.1, 0.15) is 38.7 Å². The molecular formula is C15H20N2. The molecule has 0 amide bonds. The summed E-state index contributed by atoms with van der Waals surface area (Å²) in [6, 6.07) is 13.7. The Morgan fingerprint density at radius 1 is 1.41 bits per heavy atom. The zero-order chi connectivity index (χ0) is 12.3. The fourth-order valence-electron chi connectivity index (χ4n) is 2.57. The van der Waals surface area contributed by atoms with Gasteiger partial charge in [0, 0.05) is 12.1 Å². The summed E-state index contributed by atoms with van der Waals surface area (Å²) in [6.07, 6.45) is 3.02. The zero-order valence-electron chi connectivity index (χ0n) is 10.6. The average Bonchev–Trinajstić information content (AvgIpc) is 2.34. The molecule has 0 aromatic heterocycles. The third-order valence-electron chi connectivity index (χ3n) is 3.86. The minimum absolute atomic E-state index is 0.244. The maximum atomic E-state index is 9.42. The van der Waals surface area contributed by atoms with Crippen molar-refractivity contribution in [1.29, 1.82) is 5.26 Å². The first kappa shape index (κ1) is 12.1. The lowest BCUT2D eigenvalue weighted by molar-refractivity contribution is 0.211. The van der Waals surface area contributed by atoms with Crippen LogP contribution in [-0.4, -0.2) is 12.1 Å². The average molecular weight is 228 g/mol. The van der Waals surface area contributed by atoms with E-state index in [2.05, 4.69) is 37.4 Å². The number of hydrogen-bond acceptors (Lipinski definition) is 2. The number of nitriles is 1. The van der Waals surface area contributed by atoms with Gasteiger partial charge in [-0.05, 0) is 31.7 Å². The monoisotopic (exact) mass is 228 g/mol. The highest BCUT2D eigenvalue weighted by atomic mass is 15.0. The van der Waals surface area contributed by atoms with E-state index >= 15 is 0 Å². The number of hydrogen-bond donors (Lipinski definition) is 1. The van der Waals surface area contributed by atoms with Gasteiger partial charge in [0.1, 0.15) is 0 Å². The molecule has 0 radical (unpaired) electrons. The van der Waals surface area contributed by atoms with E-state index in [-0.39, 0.29) is 5.41 Å². The van der Waals surface area contributed by atoms with E-state index in [1.54, 1.807) is 0 Å². The lowest BCUT2D eigenvalue weighted by Gasteiger charge is -2.44. The van der Waals surface area contributed by atoms with Crippen molar-refractivity contribution < 1.29 is 0 Å². The summed E-state index contributed by atoms with van der Waals surface area (Å²) in [7, 11) is 0. The summed E-state index contributed by atoms with van der Waals surface area (Å²) in [5, 5.41) is 13.0. The molecule has 0 aliphatic heterocycles. The standard InChI is InChI=1S/C15H20N2/c1-3-12(2)17-14-9-15(10-14,11-16)13-7-5-4-6-8-13/h4-8,12,14,17H,3,9-10H2,1-2H3. The second-order valence-electron chi connectivity index (χ2n) is 5.14. The molecule has 0 heterocycles. The number of nitrogens with zero attached hydrogens (tertiary/aromatic N) is 1. The molecule has 1 unspecified atom stereocenters. The summed E-state index contributed by atoms with van der Waals surface area (Å²) in [5.41, 5.74) is 0.927. The Kier molecular flexibility index (Phi) is 3.49. The van der Waals surface area contributed by atoms with Crippen molar-refractivity contribution in [3.05, 3.63) is 35.9 Å². The Bertz CT molecular complexity index is 399. The molecule has 1 saturated carbocycles. The van der Waals surface area contributed by atoms with Gasteiger partial charge in [0.25, 0.3) is 0 Å². The zero-order valence-corrected chi connectivity index (χ0v) is 10.6. The van der Waals surface area contributed by atoms with E-state index in [0.29, 0.717) is 12.1 Å². The van der Waals surface area contributed by atoms with Gasteiger partial charge in [-0.2, -0.15) is 5.26 Å². The van der Waals surface area contributed by atoms with Gasteiger partial charge in [0.15, 0.2) is 0 Å². The first-order valence-corrected chi connectivity index (χ1v) is 6.43. The Labute approximate surface area is 104 Å². The van der Waals surface area contributed by atoms with Crippen LogP contribution in [0.15, 0.2) is 30.3 Å². The molecule has 90 valence electrons. The van der Waals surface area contributed by atoms with E-state index in [0.717, 1.165) is 19.3 Å². The first-order valence-electron chi connectivity index (χ1n) is 6.43. The molecule has 1 aliphatic rings. The lowest BCUT2D eigenvalue weighted by Crippen LogP contribution is -2.53. The van der Waals surface area contributed by atoms with Crippen LogP contribution in [-0.2, 0) is 5.41 Å². The first-order chi connectivity index (χ1) is 8.20. The maximum absolute atomic E-state index is 9.42. The fraction of sp³-hybridized carbons (Fsp3) is 0.533. The largest absolute Gasteiger partial charge is 0.311 e. The van der Waals surface area contributed by atoms with Crippen molar-refractivity contribution in [2.24, 2.45) is 0 Å². The minimum atomic E-state index is -0.244. The Hall–Kier alpha value is -1.33. The van der Waals surface area contributed by atoms with Gasteiger partial charge in [-0.1, -0.05) is 37.3 Å². The smallest absolute Gasteiger partial charge is 0.0852 e. The topological polar surface area (TPSA) is 35.8 Å². The van der Waals surface area contributed by atoms with Crippen LogP contribution in [0.2, 0.25) is 0 Å². The van der Waals surface area contributed by atoms with Gasteiger partial charge < -0.3 is 5.32 Å². The predicted octanol–water partition coefficient (Wildman–Crippen LogP) is 3.00. The summed E-state index contributed by atoms with van der Waals surface area (Å²) < 4.78 is 0. The van der Waals surface area contributed by atoms with Crippen molar-refractivity contribution in [2.75, 3.05) is 0 Å². The highest BCUT2D eigenvalue weighted by Crippen LogP contribution is 2.43. The van der Waals surface area contributed by atoms with Crippen molar-refractivity contribution in [1.82, 2.24) is 5.32 Å². The second kappa shape index (κ2) is 4.89. The van der Waals surface area contributed by atoms with Gasteiger partial charge >= 0.3 is 0 Å². The van der Waals surface area contributed by atoms with E-state index in [1.807, 2.05) is 18.2 Å². The maximum Gasteiger partial charge on any atom is 0.0852 e. The summed E-state index contributed by atoms with van der Waals surface area (Å²) in [6.45, 7) is 4.39. The van der Waals surface area contributed by atoms with Crippen LogP contribution in [0.3, 0.4) is 0 Å². The summed E-state index contributed by atoms with van der Waals surface area (Å²) in [5.74, 6) is 0. The van der Waals surface area contributed by atoms with Crippen molar-refractivity contribution in [3.63, 3.8) is 0 Å². The number of rotatable bonds is 4. The molecule has 1 fully saturated rings. The molecule has 1 N–H and O–H groups in total. The lowest BCUT2D eigenvalue weighted by atomic mass is 9.62. The molecule has 2 heteroatoms. The normalized spacial score (nSPS) is 29.1. The minimum Gasteiger partial charge on any atom is -0.311 e. The highest BCUT2D eigenvalue weighted by molar-refractivity contribution is 5.36. The molecule has 2 rings (SSSR count). The van der Waals surface area contributed by atoms with Crippen molar-refractivity contribution in [2.45, 2.75) is 50.6 Å². The van der Waals surface area contributed by atoms with Crippen LogP contribution >= 0.6 is 0 Å². The Morgan fingerprint density at radius 3 is 2.59 bits per heavy atom. The molecule has 2 nitrogen and oxygen atoms in total. The Morgan fingerprint density at radius 2 is 2.06 bits per heavy atom. The van der Waals surface area contributed by atoms with Crippen molar-refractivity contribution in [3.8, 4) is 6.07 Å². The molecule has 0 saturated heterocycles. The molecule has 0 spiro atoms. The molecule has 1 aromatic rings. The van der Waals surface area contributed by atoms with Crippen LogP contribution in [0.25, 0.3) is 0 Å². The van der Waals surface area contributed by atoms with Gasteiger partial charge in [0.05, 0.1) is 11.5 Å². The molecule has 17 heavy (non-hydrogen) atoms. The van der Waals surface area contributed by atoms with Gasteiger partial charge in [-0.3, -0.25) is 0 Å². The SMILES string of the molecule is CCC(C)NC1CC(C#N)(c2ccccc2)C1. The molecular weight excluding hydrogens is 208 g/mol. The fourth-order valence-corrected chi connectivity index (χ4v) is 2.57. The van der Waals surface area contributed by atoms with Gasteiger partial charge in [0.2, 0.25) is 0 Å². The van der Waals surface area contributed by atoms with E-state index in [4.69, 9.17) is 0 Å². The summed E-state index contributed by atoms with van der Waals surface area (Å²) >= 11 is 0. The third kappa shape index (κ3) is 2.35. The van der Waals surface area contributed by atoms with Gasteiger partial charge in [-0.25, -0.2) is 0 Å².